The number of halogens is 3. The predicted molar refractivity (Wildman–Crippen MR) is 64.6 cm³/mol. The Morgan fingerprint density at radius 1 is 1.24 bits per heavy atom. The summed E-state index contributed by atoms with van der Waals surface area (Å²) in [6.07, 6.45) is 3.60. The second kappa shape index (κ2) is 5.12. The molecule has 0 heterocycles. The molecule has 1 saturated carbocycles. The monoisotopic (exact) mass is 303 g/mol. The molecule has 0 spiro atoms. The lowest BCUT2D eigenvalue weighted by Crippen LogP contribution is -2.21. The smallest absolute Gasteiger partial charge is 0.227 e. The first kappa shape index (κ1) is 12.5. The van der Waals surface area contributed by atoms with Crippen LogP contribution in [0.4, 0.5) is 14.5 Å². The number of nitrogens with one attached hydrogen (secondary N) is 1. The van der Waals surface area contributed by atoms with Gasteiger partial charge in [0.25, 0.3) is 0 Å². The van der Waals surface area contributed by atoms with Crippen LogP contribution in [-0.2, 0) is 4.79 Å². The normalized spacial score (nSPS) is 16.2. The van der Waals surface area contributed by atoms with Gasteiger partial charge >= 0.3 is 0 Å². The minimum Gasteiger partial charge on any atom is -0.321 e. The van der Waals surface area contributed by atoms with Gasteiger partial charge in [0.15, 0.2) is 11.6 Å². The van der Waals surface area contributed by atoms with Gasteiger partial charge in [-0.15, -0.1) is 0 Å². The summed E-state index contributed by atoms with van der Waals surface area (Å²) in [6, 6.07) is 2.26. The molecule has 0 unspecified atom stereocenters. The number of amides is 1. The molecule has 0 saturated heterocycles. The van der Waals surface area contributed by atoms with Gasteiger partial charge in [0.2, 0.25) is 5.91 Å². The molecule has 92 valence electrons. The highest BCUT2D eigenvalue weighted by Gasteiger charge is 2.24. The number of rotatable bonds is 2. The van der Waals surface area contributed by atoms with E-state index in [4.69, 9.17) is 0 Å². The van der Waals surface area contributed by atoms with E-state index < -0.39 is 11.6 Å². The van der Waals surface area contributed by atoms with Crippen LogP contribution in [0.5, 0.6) is 0 Å². The molecule has 0 atom stereocenters. The summed E-state index contributed by atoms with van der Waals surface area (Å²) in [6.45, 7) is 0. The third kappa shape index (κ3) is 2.83. The SMILES string of the molecule is O=C(Nc1c(F)cc(Br)cc1F)C1CCCC1. The van der Waals surface area contributed by atoms with E-state index in [0.29, 0.717) is 4.47 Å². The molecule has 17 heavy (non-hydrogen) atoms. The lowest BCUT2D eigenvalue weighted by molar-refractivity contribution is -0.119. The average molecular weight is 304 g/mol. The van der Waals surface area contributed by atoms with Crippen molar-refractivity contribution in [2.45, 2.75) is 25.7 Å². The van der Waals surface area contributed by atoms with Crippen LogP contribution >= 0.6 is 15.9 Å². The van der Waals surface area contributed by atoms with Gasteiger partial charge in [-0.1, -0.05) is 28.8 Å². The fraction of sp³-hybridized carbons (Fsp3) is 0.417. The molecule has 1 aliphatic rings. The maximum absolute atomic E-state index is 13.5. The van der Waals surface area contributed by atoms with E-state index in [1.807, 2.05) is 0 Å². The second-order valence-corrected chi connectivity index (χ2v) is 5.13. The topological polar surface area (TPSA) is 29.1 Å². The zero-order valence-electron chi connectivity index (χ0n) is 9.10. The summed E-state index contributed by atoms with van der Waals surface area (Å²) in [4.78, 5) is 11.7. The summed E-state index contributed by atoms with van der Waals surface area (Å²) in [5, 5.41) is 2.34. The number of anilines is 1. The minimum atomic E-state index is -0.761. The van der Waals surface area contributed by atoms with E-state index in [0.717, 1.165) is 37.8 Å². The Morgan fingerprint density at radius 3 is 2.29 bits per heavy atom. The summed E-state index contributed by atoms with van der Waals surface area (Å²) in [5.41, 5.74) is -0.356. The Balaban J connectivity index is 2.15. The van der Waals surface area contributed by atoms with Gasteiger partial charge in [0.1, 0.15) is 5.69 Å². The van der Waals surface area contributed by atoms with Crippen molar-refractivity contribution in [2.75, 3.05) is 5.32 Å². The van der Waals surface area contributed by atoms with Crippen molar-refractivity contribution in [3.63, 3.8) is 0 Å². The molecule has 1 N–H and O–H groups in total. The minimum absolute atomic E-state index is 0.113. The number of carbonyl (C=O) groups is 1. The Kier molecular flexibility index (Phi) is 3.76. The highest BCUT2D eigenvalue weighted by atomic mass is 79.9. The zero-order chi connectivity index (χ0) is 12.4. The van der Waals surface area contributed by atoms with E-state index in [1.54, 1.807) is 0 Å². The first-order chi connectivity index (χ1) is 8.08. The Labute approximate surface area is 107 Å². The summed E-state index contributed by atoms with van der Waals surface area (Å²) in [7, 11) is 0. The molecule has 1 aliphatic carbocycles. The maximum Gasteiger partial charge on any atom is 0.227 e. The third-order valence-electron chi connectivity index (χ3n) is 2.98. The van der Waals surface area contributed by atoms with Gasteiger partial charge in [-0.25, -0.2) is 8.78 Å². The van der Waals surface area contributed by atoms with Crippen molar-refractivity contribution >= 4 is 27.5 Å². The number of carbonyl (C=O) groups excluding carboxylic acids is 1. The molecule has 1 aromatic rings. The Bertz CT molecular complexity index is 421. The Morgan fingerprint density at radius 2 is 1.76 bits per heavy atom. The Hall–Kier alpha value is -0.970. The highest BCUT2D eigenvalue weighted by Crippen LogP contribution is 2.28. The summed E-state index contributed by atoms with van der Waals surface area (Å²) in [5.74, 6) is -1.92. The predicted octanol–water partition coefficient (Wildman–Crippen LogP) is 3.86. The van der Waals surface area contributed by atoms with E-state index in [9.17, 15) is 13.6 Å². The van der Waals surface area contributed by atoms with Gasteiger partial charge in [-0.05, 0) is 25.0 Å². The lowest BCUT2D eigenvalue weighted by atomic mass is 10.1. The van der Waals surface area contributed by atoms with Gasteiger partial charge in [0, 0.05) is 10.4 Å². The van der Waals surface area contributed by atoms with Crippen LogP contribution in [0.1, 0.15) is 25.7 Å². The first-order valence-electron chi connectivity index (χ1n) is 5.53. The van der Waals surface area contributed by atoms with Crippen molar-refractivity contribution in [3.05, 3.63) is 28.2 Å². The van der Waals surface area contributed by atoms with E-state index >= 15 is 0 Å². The molecular weight excluding hydrogens is 292 g/mol. The fourth-order valence-corrected chi connectivity index (χ4v) is 2.48. The number of benzene rings is 1. The van der Waals surface area contributed by atoms with Gasteiger partial charge < -0.3 is 5.32 Å². The second-order valence-electron chi connectivity index (χ2n) is 4.22. The van der Waals surface area contributed by atoms with Crippen LogP contribution in [0.25, 0.3) is 0 Å². The molecule has 2 rings (SSSR count). The van der Waals surface area contributed by atoms with E-state index in [2.05, 4.69) is 21.2 Å². The van der Waals surface area contributed by atoms with Crippen LogP contribution in [0.15, 0.2) is 16.6 Å². The van der Waals surface area contributed by atoms with Gasteiger partial charge in [0.05, 0.1) is 0 Å². The van der Waals surface area contributed by atoms with Crippen molar-refractivity contribution in [3.8, 4) is 0 Å². The fourth-order valence-electron chi connectivity index (χ4n) is 2.07. The average Bonchev–Trinajstić information content (AvgIpc) is 2.76. The quantitative estimate of drug-likeness (QED) is 0.883. The third-order valence-corrected chi connectivity index (χ3v) is 3.44. The van der Waals surface area contributed by atoms with Crippen molar-refractivity contribution in [1.82, 2.24) is 0 Å². The summed E-state index contributed by atoms with van der Waals surface area (Å²) < 4.78 is 27.3. The molecule has 1 aromatic carbocycles. The standard InChI is InChI=1S/C12H12BrF2NO/c13-8-5-9(14)11(10(15)6-8)16-12(17)7-3-1-2-4-7/h5-7H,1-4H2,(H,16,17). The highest BCUT2D eigenvalue weighted by molar-refractivity contribution is 9.10. The van der Waals surface area contributed by atoms with E-state index in [-0.39, 0.29) is 17.5 Å². The summed E-state index contributed by atoms with van der Waals surface area (Å²) >= 11 is 2.99. The van der Waals surface area contributed by atoms with E-state index in [1.165, 1.54) is 0 Å². The van der Waals surface area contributed by atoms with Crippen molar-refractivity contribution in [2.24, 2.45) is 5.92 Å². The molecule has 1 fully saturated rings. The molecule has 5 heteroatoms. The number of hydrogen-bond donors (Lipinski definition) is 1. The maximum atomic E-state index is 13.5. The lowest BCUT2D eigenvalue weighted by Gasteiger charge is -2.12. The van der Waals surface area contributed by atoms with Crippen molar-refractivity contribution in [1.29, 1.82) is 0 Å². The molecular formula is C12H12BrF2NO. The molecule has 0 aromatic heterocycles. The number of hydrogen-bond acceptors (Lipinski definition) is 1. The van der Waals surface area contributed by atoms with Crippen LogP contribution in [-0.4, -0.2) is 5.91 Å². The van der Waals surface area contributed by atoms with Gasteiger partial charge in [-0.2, -0.15) is 0 Å². The van der Waals surface area contributed by atoms with Crippen LogP contribution < -0.4 is 5.32 Å². The van der Waals surface area contributed by atoms with Crippen LogP contribution in [0.2, 0.25) is 0 Å². The van der Waals surface area contributed by atoms with Gasteiger partial charge in [-0.3, -0.25) is 4.79 Å². The van der Waals surface area contributed by atoms with Crippen LogP contribution in [0.3, 0.4) is 0 Å². The molecule has 1 amide bonds. The molecule has 0 aliphatic heterocycles. The van der Waals surface area contributed by atoms with Crippen LogP contribution in [0, 0.1) is 17.6 Å². The molecule has 0 radical (unpaired) electrons. The zero-order valence-corrected chi connectivity index (χ0v) is 10.7. The molecule has 0 bridgehead atoms. The van der Waals surface area contributed by atoms with Crippen molar-refractivity contribution < 1.29 is 13.6 Å². The molecule has 2 nitrogen and oxygen atoms in total. The largest absolute Gasteiger partial charge is 0.321 e. The first-order valence-corrected chi connectivity index (χ1v) is 6.32.